The summed E-state index contributed by atoms with van der Waals surface area (Å²) in [6.07, 6.45) is 0. The molecule has 1 aromatic carbocycles. The monoisotopic (exact) mass is 212 g/mol. The van der Waals surface area contributed by atoms with E-state index in [1.54, 1.807) is 0 Å². The van der Waals surface area contributed by atoms with Crippen LogP contribution in [0.1, 0.15) is 17.2 Å². The third-order valence-corrected chi connectivity index (χ3v) is 2.16. The molecule has 0 aliphatic heterocycles. The molecule has 0 aromatic heterocycles. The molecule has 0 fully saturated rings. The van der Waals surface area contributed by atoms with Gasteiger partial charge in [0, 0.05) is 11.1 Å². The summed E-state index contributed by atoms with van der Waals surface area (Å²) in [4.78, 5) is 9.98. The Hall–Kier alpha value is -1.66. The molecule has 82 valence electrons. The third kappa shape index (κ3) is 2.05. The normalized spacial score (nSPS) is 12.5. The Labute approximate surface area is 86.1 Å². The number of nitrogens with two attached hydrogens (primary N) is 1. The van der Waals surface area contributed by atoms with Crippen molar-refractivity contribution in [3.05, 3.63) is 33.4 Å². The van der Waals surface area contributed by atoms with Crippen molar-refractivity contribution >= 4 is 5.69 Å². The van der Waals surface area contributed by atoms with Gasteiger partial charge in [-0.1, -0.05) is 12.1 Å². The molecule has 0 saturated heterocycles. The zero-order valence-electron chi connectivity index (χ0n) is 8.17. The summed E-state index contributed by atoms with van der Waals surface area (Å²) in [6, 6.07) is 2.14. The number of aliphatic hydroxyl groups excluding tert-OH is 1. The largest absolute Gasteiger partial charge is 0.502 e. The van der Waals surface area contributed by atoms with Crippen molar-refractivity contribution in [2.24, 2.45) is 5.73 Å². The highest BCUT2D eigenvalue weighted by Gasteiger charge is 2.22. The highest BCUT2D eigenvalue weighted by molar-refractivity contribution is 5.56. The molecule has 0 bridgehead atoms. The Bertz CT molecular complexity index is 392. The fraction of sp³-hybridized carbons (Fsp3) is 0.333. The lowest BCUT2D eigenvalue weighted by Gasteiger charge is -2.11. The second-order valence-corrected chi connectivity index (χ2v) is 3.22. The first kappa shape index (κ1) is 11.4. The Balaban J connectivity index is 3.34. The van der Waals surface area contributed by atoms with Gasteiger partial charge in [-0.25, -0.2) is 0 Å². The van der Waals surface area contributed by atoms with E-state index in [2.05, 4.69) is 0 Å². The van der Waals surface area contributed by atoms with Gasteiger partial charge in [-0.05, 0) is 6.92 Å². The number of nitro benzene ring substituents is 1. The van der Waals surface area contributed by atoms with Crippen LogP contribution in [0, 0.1) is 17.0 Å². The molecule has 6 heteroatoms. The number of nitrogens with zero attached hydrogens (tertiary/aromatic N) is 1. The van der Waals surface area contributed by atoms with Crippen molar-refractivity contribution in [2.45, 2.75) is 13.0 Å². The number of aliphatic hydroxyl groups is 1. The third-order valence-electron chi connectivity index (χ3n) is 2.16. The zero-order valence-corrected chi connectivity index (χ0v) is 8.17. The summed E-state index contributed by atoms with van der Waals surface area (Å²) >= 11 is 0. The molecule has 4 N–H and O–H groups in total. The Kier molecular flexibility index (Phi) is 3.23. The maximum absolute atomic E-state index is 10.6. The van der Waals surface area contributed by atoms with Gasteiger partial charge in [0.1, 0.15) is 0 Å². The molecular weight excluding hydrogens is 200 g/mol. The minimum absolute atomic E-state index is 0.176. The lowest BCUT2D eigenvalue weighted by Crippen LogP contribution is -2.15. The number of rotatable bonds is 3. The molecule has 0 amide bonds. The van der Waals surface area contributed by atoms with Crippen molar-refractivity contribution in [3.8, 4) is 5.75 Å². The maximum atomic E-state index is 10.6. The van der Waals surface area contributed by atoms with Crippen LogP contribution in [0.15, 0.2) is 12.1 Å². The molecule has 1 atom stereocenters. The van der Waals surface area contributed by atoms with E-state index in [0.717, 1.165) is 0 Å². The van der Waals surface area contributed by atoms with E-state index >= 15 is 0 Å². The van der Waals surface area contributed by atoms with E-state index in [9.17, 15) is 15.2 Å². The first-order chi connectivity index (χ1) is 6.99. The second-order valence-electron chi connectivity index (χ2n) is 3.22. The molecule has 0 saturated carbocycles. The van der Waals surface area contributed by atoms with Gasteiger partial charge in [0.05, 0.1) is 17.6 Å². The molecule has 6 nitrogen and oxygen atoms in total. The minimum atomic E-state index is -0.815. The molecule has 0 aliphatic rings. The molecule has 15 heavy (non-hydrogen) atoms. The molecule has 1 rings (SSSR count). The lowest BCUT2D eigenvalue weighted by atomic mass is 10.0. The Morgan fingerprint density at radius 3 is 2.67 bits per heavy atom. The van der Waals surface area contributed by atoms with Gasteiger partial charge < -0.3 is 15.9 Å². The highest BCUT2D eigenvalue weighted by Crippen LogP contribution is 2.35. The Morgan fingerprint density at radius 2 is 2.20 bits per heavy atom. The first-order valence-electron chi connectivity index (χ1n) is 4.32. The molecule has 0 radical (unpaired) electrons. The summed E-state index contributed by atoms with van der Waals surface area (Å²) in [5, 5.41) is 29.1. The number of hydrogen-bond acceptors (Lipinski definition) is 5. The SMILES string of the molecule is Cc1ccc([C@H](N)CO)c(O)c1[N+](=O)[O-]. The maximum Gasteiger partial charge on any atom is 0.313 e. The number of aromatic hydroxyl groups is 1. The number of phenolic OH excluding ortho intramolecular Hbond substituents is 1. The average molecular weight is 212 g/mol. The van der Waals surface area contributed by atoms with Gasteiger partial charge in [-0.3, -0.25) is 10.1 Å². The standard InChI is InChI=1S/C9H12N2O4/c1-5-2-3-6(7(10)4-12)9(13)8(5)11(14)15/h2-3,7,12-13H,4,10H2,1H3/t7-/m1/s1. The van der Waals surface area contributed by atoms with Crippen LogP contribution < -0.4 is 5.73 Å². The lowest BCUT2D eigenvalue weighted by molar-refractivity contribution is -0.386. The zero-order chi connectivity index (χ0) is 11.6. The van der Waals surface area contributed by atoms with E-state index in [1.165, 1.54) is 19.1 Å². The molecule has 0 heterocycles. The summed E-state index contributed by atoms with van der Waals surface area (Å²) in [5.74, 6) is -0.471. The van der Waals surface area contributed by atoms with Crippen LogP contribution >= 0.6 is 0 Å². The Morgan fingerprint density at radius 1 is 1.60 bits per heavy atom. The quantitative estimate of drug-likeness (QED) is 0.502. The number of hydrogen-bond donors (Lipinski definition) is 3. The van der Waals surface area contributed by atoms with Crippen LogP contribution in [0.5, 0.6) is 5.75 Å². The average Bonchev–Trinajstić information content (AvgIpc) is 2.16. The van der Waals surface area contributed by atoms with Crippen molar-refractivity contribution < 1.29 is 15.1 Å². The summed E-state index contributed by atoms with van der Waals surface area (Å²) < 4.78 is 0. The molecule has 0 unspecified atom stereocenters. The van der Waals surface area contributed by atoms with Gasteiger partial charge >= 0.3 is 5.69 Å². The fourth-order valence-electron chi connectivity index (χ4n) is 1.32. The number of benzene rings is 1. The number of nitro groups is 1. The van der Waals surface area contributed by atoms with Gasteiger partial charge in [0.25, 0.3) is 0 Å². The fourth-order valence-corrected chi connectivity index (χ4v) is 1.32. The van der Waals surface area contributed by atoms with E-state index in [1.807, 2.05) is 0 Å². The van der Waals surface area contributed by atoms with Crippen LogP contribution in [-0.2, 0) is 0 Å². The van der Waals surface area contributed by atoms with E-state index in [4.69, 9.17) is 10.8 Å². The minimum Gasteiger partial charge on any atom is -0.502 e. The van der Waals surface area contributed by atoms with Gasteiger partial charge in [-0.15, -0.1) is 0 Å². The summed E-state index contributed by atoms with van der Waals surface area (Å²) in [6.45, 7) is 1.14. The predicted molar refractivity (Wildman–Crippen MR) is 53.5 cm³/mol. The van der Waals surface area contributed by atoms with Gasteiger partial charge in [0.15, 0.2) is 5.75 Å². The predicted octanol–water partition coefficient (Wildman–Crippen LogP) is 0.601. The topological polar surface area (TPSA) is 110 Å². The first-order valence-corrected chi connectivity index (χ1v) is 4.32. The van der Waals surface area contributed by atoms with E-state index in [0.29, 0.717) is 5.56 Å². The van der Waals surface area contributed by atoms with Crippen molar-refractivity contribution in [1.29, 1.82) is 0 Å². The molecule has 0 aliphatic carbocycles. The smallest absolute Gasteiger partial charge is 0.313 e. The van der Waals surface area contributed by atoms with E-state index in [-0.39, 0.29) is 17.9 Å². The van der Waals surface area contributed by atoms with Crippen LogP contribution in [-0.4, -0.2) is 21.7 Å². The summed E-state index contributed by atoms with van der Waals surface area (Å²) in [5.41, 5.74) is 5.65. The highest BCUT2D eigenvalue weighted by atomic mass is 16.6. The second kappa shape index (κ2) is 4.24. The molecular formula is C9H12N2O4. The van der Waals surface area contributed by atoms with E-state index < -0.39 is 16.7 Å². The van der Waals surface area contributed by atoms with Crippen LogP contribution in [0.25, 0.3) is 0 Å². The van der Waals surface area contributed by atoms with Crippen LogP contribution in [0.3, 0.4) is 0 Å². The number of aryl methyl sites for hydroxylation is 1. The number of phenols is 1. The summed E-state index contributed by atoms with van der Waals surface area (Å²) in [7, 11) is 0. The van der Waals surface area contributed by atoms with Gasteiger partial charge in [0.2, 0.25) is 0 Å². The van der Waals surface area contributed by atoms with Crippen molar-refractivity contribution in [3.63, 3.8) is 0 Å². The van der Waals surface area contributed by atoms with Crippen molar-refractivity contribution in [1.82, 2.24) is 0 Å². The van der Waals surface area contributed by atoms with Gasteiger partial charge in [-0.2, -0.15) is 0 Å². The molecule has 0 spiro atoms. The van der Waals surface area contributed by atoms with Crippen LogP contribution in [0.4, 0.5) is 5.69 Å². The molecule has 1 aromatic rings. The van der Waals surface area contributed by atoms with Crippen molar-refractivity contribution in [2.75, 3.05) is 6.61 Å². The van der Waals surface area contributed by atoms with Crippen LogP contribution in [0.2, 0.25) is 0 Å².